The maximum atomic E-state index is 12.5. The van der Waals surface area contributed by atoms with Crippen molar-refractivity contribution in [1.82, 2.24) is 10.3 Å². The summed E-state index contributed by atoms with van der Waals surface area (Å²) in [4.78, 5) is 4.28. The van der Waals surface area contributed by atoms with Crippen LogP contribution in [0.25, 0.3) is 11.1 Å². The van der Waals surface area contributed by atoms with Crippen LogP contribution in [-0.4, -0.2) is 11.5 Å². The third-order valence-corrected chi connectivity index (χ3v) is 3.04. The first kappa shape index (κ1) is 10.7. The van der Waals surface area contributed by atoms with Crippen molar-refractivity contribution in [2.24, 2.45) is 0 Å². The predicted octanol–water partition coefficient (Wildman–Crippen LogP) is 3.19. The highest BCUT2D eigenvalue weighted by atomic mass is 19.3. The Bertz CT molecular complexity index is 532. The number of hydrogen-bond donors (Lipinski definition) is 1. The zero-order valence-electron chi connectivity index (χ0n) is 9.12. The van der Waals surface area contributed by atoms with Crippen LogP contribution < -0.4 is 5.32 Å². The summed E-state index contributed by atoms with van der Waals surface area (Å²) in [5.74, 6) is 0.601. The molecule has 17 heavy (non-hydrogen) atoms. The Balaban J connectivity index is 2.00. The highest BCUT2D eigenvalue weighted by Gasteiger charge is 2.22. The molecule has 3 rings (SSSR count). The van der Waals surface area contributed by atoms with E-state index in [0.717, 1.165) is 19.4 Å². The van der Waals surface area contributed by atoms with Crippen molar-refractivity contribution in [2.75, 3.05) is 6.54 Å². The molecule has 0 saturated carbocycles. The van der Waals surface area contributed by atoms with Crippen molar-refractivity contribution >= 4 is 11.1 Å². The van der Waals surface area contributed by atoms with Gasteiger partial charge in [0.1, 0.15) is 5.52 Å². The van der Waals surface area contributed by atoms with Gasteiger partial charge in [-0.05, 0) is 37.6 Å². The van der Waals surface area contributed by atoms with Crippen molar-refractivity contribution in [1.29, 1.82) is 0 Å². The third-order valence-electron chi connectivity index (χ3n) is 3.04. The lowest BCUT2D eigenvalue weighted by molar-refractivity contribution is 0.151. The van der Waals surface area contributed by atoms with E-state index in [0.29, 0.717) is 17.0 Å². The Morgan fingerprint density at radius 3 is 3.00 bits per heavy atom. The molecule has 2 heterocycles. The summed E-state index contributed by atoms with van der Waals surface area (Å²) in [7, 11) is 0. The minimum atomic E-state index is -2.47. The van der Waals surface area contributed by atoms with Crippen molar-refractivity contribution < 1.29 is 13.2 Å². The van der Waals surface area contributed by atoms with Crippen LogP contribution in [0.4, 0.5) is 8.78 Å². The first-order valence-corrected chi connectivity index (χ1v) is 5.66. The second-order valence-electron chi connectivity index (χ2n) is 4.23. The Morgan fingerprint density at radius 1 is 1.41 bits per heavy atom. The molecule has 90 valence electrons. The molecule has 0 bridgehead atoms. The van der Waals surface area contributed by atoms with E-state index in [1.165, 1.54) is 12.1 Å². The number of aromatic nitrogens is 1. The molecule has 1 atom stereocenters. The van der Waals surface area contributed by atoms with Gasteiger partial charge in [0.05, 0.1) is 6.04 Å². The van der Waals surface area contributed by atoms with Gasteiger partial charge in [0.15, 0.2) is 5.58 Å². The maximum absolute atomic E-state index is 12.5. The van der Waals surface area contributed by atoms with E-state index in [2.05, 4.69) is 10.3 Å². The van der Waals surface area contributed by atoms with Gasteiger partial charge >= 0.3 is 0 Å². The van der Waals surface area contributed by atoms with Gasteiger partial charge in [0.25, 0.3) is 6.43 Å². The van der Waals surface area contributed by atoms with E-state index in [-0.39, 0.29) is 11.6 Å². The molecule has 0 aliphatic carbocycles. The third kappa shape index (κ3) is 1.91. The molecule has 1 saturated heterocycles. The lowest BCUT2D eigenvalue weighted by Gasteiger charge is -2.02. The van der Waals surface area contributed by atoms with Crippen LogP contribution in [-0.2, 0) is 0 Å². The molecule has 1 aliphatic rings. The number of benzene rings is 1. The van der Waals surface area contributed by atoms with E-state index in [9.17, 15) is 8.78 Å². The summed E-state index contributed by atoms with van der Waals surface area (Å²) < 4.78 is 30.6. The van der Waals surface area contributed by atoms with Crippen LogP contribution in [0.15, 0.2) is 22.6 Å². The van der Waals surface area contributed by atoms with Crippen molar-refractivity contribution in [3.8, 4) is 0 Å². The average Bonchev–Trinajstić information content (AvgIpc) is 2.96. The Morgan fingerprint density at radius 2 is 2.29 bits per heavy atom. The molecule has 5 heteroatoms. The number of alkyl halides is 2. The van der Waals surface area contributed by atoms with E-state index >= 15 is 0 Å². The quantitative estimate of drug-likeness (QED) is 0.873. The molecular formula is C12H12F2N2O. The number of hydrogen-bond acceptors (Lipinski definition) is 3. The normalized spacial score (nSPS) is 20.5. The Kier molecular flexibility index (Phi) is 2.55. The summed E-state index contributed by atoms with van der Waals surface area (Å²) in [5, 5.41) is 3.27. The van der Waals surface area contributed by atoms with Crippen molar-refractivity contribution in [3.63, 3.8) is 0 Å². The molecule has 0 radical (unpaired) electrons. The fraction of sp³-hybridized carbons (Fsp3) is 0.417. The summed E-state index contributed by atoms with van der Waals surface area (Å²) in [6, 6.07) is 4.45. The highest BCUT2D eigenvalue weighted by Crippen LogP contribution is 2.28. The second kappa shape index (κ2) is 4.07. The SMILES string of the molecule is FC(F)c1ccc2oc(C3CCCN3)nc2c1. The van der Waals surface area contributed by atoms with Gasteiger partial charge in [-0.2, -0.15) is 0 Å². The molecule has 1 aliphatic heterocycles. The first-order chi connectivity index (χ1) is 8.24. The molecule has 1 N–H and O–H groups in total. The fourth-order valence-corrected chi connectivity index (χ4v) is 2.14. The van der Waals surface area contributed by atoms with Crippen LogP contribution in [0.5, 0.6) is 0 Å². The van der Waals surface area contributed by atoms with Crippen LogP contribution in [0.3, 0.4) is 0 Å². The smallest absolute Gasteiger partial charge is 0.263 e. The highest BCUT2D eigenvalue weighted by molar-refractivity contribution is 5.73. The Labute approximate surface area is 96.8 Å². The number of halogens is 2. The molecule has 1 fully saturated rings. The van der Waals surface area contributed by atoms with Gasteiger partial charge in [-0.25, -0.2) is 13.8 Å². The van der Waals surface area contributed by atoms with Gasteiger partial charge in [-0.3, -0.25) is 0 Å². The van der Waals surface area contributed by atoms with Crippen molar-refractivity contribution in [2.45, 2.75) is 25.3 Å². The standard InChI is InChI=1S/C12H12F2N2O/c13-11(14)7-3-4-10-9(6-7)16-12(17-10)8-2-1-5-15-8/h3-4,6,8,11,15H,1-2,5H2. The van der Waals surface area contributed by atoms with Gasteiger partial charge < -0.3 is 9.73 Å². The second-order valence-corrected chi connectivity index (χ2v) is 4.23. The molecule has 3 nitrogen and oxygen atoms in total. The van der Waals surface area contributed by atoms with Gasteiger partial charge in [-0.15, -0.1) is 0 Å². The topological polar surface area (TPSA) is 38.1 Å². The van der Waals surface area contributed by atoms with Gasteiger partial charge in [0, 0.05) is 5.56 Å². The van der Waals surface area contributed by atoms with Crippen LogP contribution >= 0.6 is 0 Å². The molecule has 0 amide bonds. The van der Waals surface area contributed by atoms with Crippen LogP contribution in [0.2, 0.25) is 0 Å². The lowest BCUT2D eigenvalue weighted by atomic mass is 10.2. The zero-order chi connectivity index (χ0) is 11.8. The summed E-state index contributed by atoms with van der Waals surface area (Å²) in [5.41, 5.74) is 1.06. The minimum Gasteiger partial charge on any atom is -0.439 e. The Hall–Kier alpha value is -1.49. The summed E-state index contributed by atoms with van der Waals surface area (Å²) >= 11 is 0. The molecule has 1 aromatic carbocycles. The minimum absolute atomic E-state index is 0.0169. The van der Waals surface area contributed by atoms with Crippen molar-refractivity contribution in [3.05, 3.63) is 29.7 Å². The number of oxazole rings is 1. The monoisotopic (exact) mass is 238 g/mol. The molecule has 0 spiro atoms. The summed E-state index contributed by atoms with van der Waals surface area (Å²) in [6.45, 7) is 0.950. The number of nitrogens with one attached hydrogen (secondary N) is 1. The van der Waals surface area contributed by atoms with E-state index < -0.39 is 6.43 Å². The first-order valence-electron chi connectivity index (χ1n) is 5.66. The predicted molar refractivity (Wildman–Crippen MR) is 58.9 cm³/mol. The number of rotatable bonds is 2. The van der Waals surface area contributed by atoms with Gasteiger partial charge in [-0.1, -0.05) is 0 Å². The van der Waals surface area contributed by atoms with E-state index in [1.807, 2.05) is 0 Å². The van der Waals surface area contributed by atoms with Crippen LogP contribution in [0.1, 0.15) is 36.8 Å². The average molecular weight is 238 g/mol. The van der Waals surface area contributed by atoms with E-state index in [1.54, 1.807) is 6.07 Å². The van der Waals surface area contributed by atoms with Gasteiger partial charge in [0.2, 0.25) is 5.89 Å². The molecule has 2 aromatic rings. The maximum Gasteiger partial charge on any atom is 0.263 e. The number of nitrogens with zero attached hydrogens (tertiary/aromatic N) is 1. The summed E-state index contributed by atoms with van der Waals surface area (Å²) in [6.07, 6.45) is -0.399. The molecule has 1 unspecified atom stereocenters. The number of fused-ring (bicyclic) bond motifs is 1. The molecule has 1 aromatic heterocycles. The van der Waals surface area contributed by atoms with E-state index in [4.69, 9.17) is 4.42 Å². The fourth-order valence-electron chi connectivity index (χ4n) is 2.14. The molecular weight excluding hydrogens is 226 g/mol. The van der Waals surface area contributed by atoms with Crippen LogP contribution in [0, 0.1) is 0 Å². The lowest BCUT2D eigenvalue weighted by Crippen LogP contribution is -2.12. The largest absolute Gasteiger partial charge is 0.439 e. The zero-order valence-corrected chi connectivity index (χ0v) is 9.12.